The van der Waals surface area contributed by atoms with Crippen LogP contribution in [-0.4, -0.2) is 17.1 Å². The third-order valence-electron chi connectivity index (χ3n) is 12.3. The Bertz CT molecular complexity index is 3280. The molecule has 64 heavy (non-hydrogen) atoms. The molecule has 3 N–H and O–H groups in total. The van der Waals surface area contributed by atoms with Crippen molar-refractivity contribution < 1.29 is 0 Å². The third kappa shape index (κ3) is 7.90. The molecule has 0 saturated carbocycles. The monoisotopic (exact) mass is 829 g/mol. The number of rotatable bonds is 5. The molecule has 0 radical (unpaired) electrons. The molecule has 2 heterocycles. The lowest BCUT2D eigenvalue weighted by atomic mass is 9.73. The first-order chi connectivity index (χ1) is 31.3. The van der Waals surface area contributed by atoms with Crippen LogP contribution in [-0.2, 0) is 12.0 Å². The predicted molar refractivity (Wildman–Crippen MR) is 272 cm³/mol. The van der Waals surface area contributed by atoms with Gasteiger partial charge in [0.05, 0.1) is 22.4 Å². The quantitative estimate of drug-likeness (QED) is 0.134. The number of benzene rings is 9. The van der Waals surface area contributed by atoms with Crippen LogP contribution in [0.2, 0.25) is 0 Å². The van der Waals surface area contributed by atoms with Gasteiger partial charge in [-0.25, -0.2) is 4.99 Å². The number of amidine groups is 1. The van der Waals surface area contributed by atoms with Crippen molar-refractivity contribution in [3.8, 4) is 16.8 Å². The second-order valence-corrected chi connectivity index (χ2v) is 16.7. The Labute approximate surface area is 375 Å². The molecule has 10 aromatic rings. The smallest absolute Gasteiger partial charge is 0.151 e. The molecule has 0 amide bonds. The Balaban J connectivity index is 0.000000240. The van der Waals surface area contributed by atoms with E-state index in [0.717, 1.165) is 5.56 Å². The predicted octanol–water partition coefficient (Wildman–Crippen LogP) is 14.9. The minimum Gasteiger partial charge on any atom is -0.326 e. The number of anilines is 3. The van der Waals surface area contributed by atoms with Gasteiger partial charge in [0.15, 0.2) is 5.84 Å². The summed E-state index contributed by atoms with van der Waals surface area (Å²) in [4.78, 5) is 5.91. The number of nitrogens with zero attached hydrogens (tertiary/aromatic N) is 3. The fourth-order valence-electron chi connectivity index (χ4n) is 9.05. The van der Waals surface area contributed by atoms with Gasteiger partial charge in [0, 0.05) is 39.7 Å². The summed E-state index contributed by atoms with van der Waals surface area (Å²) in [5, 5.41) is 12.4. The number of aliphatic imine (C=N–C) groups is 1. The number of hydrogen-bond acceptors (Lipinski definition) is 3. The molecule has 1 aliphatic rings. The van der Waals surface area contributed by atoms with E-state index >= 15 is 0 Å². The Morgan fingerprint density at radius 2 is 1.19 bits per heavy atom. The summed E-state index contributed by atoms with van der Waals surface area (Å²) in [7, 11) is 0. The lowest BCUT2D eigenvalue weighted by Crippen LogP contribution is -2.30. The third-order valence-corrected chi connectivity index (χ3v) is 12.3. The van der Waals surface area contributed by atoms with Gasteiger partial charge >= 0.3 is 0 Å². The van der Waals surface area contributed by atoms with Crippen LogP contribution in [0.4, 0.5) is 17.1 Å². The number of para-hydroxylation sites is 2. The summed E-state index contributed by atoms with van der Waals surface area (Å²) < 4.78 is 2.45. The van der Waals surface area contributed by atoms with Crippen molar-refractivity contribution in [2.24, 2.45) is 10.7 Å². The fraction of sp³-hybridized carbons (Fsp3) is 0.0847. The lowest BCUT2D eigenvalue weighted by Gasteiger charge is -2.42. The van der Waals surface area contributed by atoms with Crippen molar-refractivity contribution in [1.29, 1.82) is 5.41 Å². The number of nitrogens with one attached hydrogen (secondary N) is 1. The summed E-state index contributed by atoms with van der Waals surface area (Å²) in [6.07, 6.45) is 0. The van der Waals surface area contributed by atoms with Crippen LogP contribution in [0.3, 0.4) is 0 Å². The van der Waals surface area contributed by atoms with Crippen LogP contribution in [0.25, 0.3) is 49.4 Å². The van der Waals surface area contributed by atoms with E-state index in [-0.39, 0.29) is 11.3 Å². The molecule has 11 rings (SSSR count). The van der Waals surface area contributed by atoms with Crippen LogP contribution >= 0.6 is 0 Å². The van der Waals surface area contributed by atoms with E-state index in [1.807, 2.05) is 60.7 Å². The summed E-state index contributed by atoms with van der Waals surface area (Å²) in [6.45, 7) is 10.8. The van der Waals surface area contributed by atoms with Crippen molar-refractivity contribution >= 4 is 62.2 Å². The fourth-order valence-corrected chi connectivity index (χ4v) is 9.05. The van der Waals surface area contributed by atoms with E-state index in [2.05, 4.69) is 194 Å². The summed E-state index contributed by atoms with van der Waals surface area (Å²) in [5.74, 6) is 0.223. The zero-order valence-corrected chi connectivity index (χ0v) is 36.5. The SMILES string of the molecule is C=NC(=N)c1ccccc1.Cc1cccc(-n2c3cc(-c4ccc5c(c4)C(C)(C)c4ccccc4N5c4ccccc4)ccc3c3c4ccccc4ccc32)c1.NCc1ccccc1. The van der Waals surface area contributed by atoms with E-state index in [1.54, 1.807) is 0 Å². The molecule has 1 aliphatic heterocycles. The molecular weight excluding hydrogens is 779 g/mol. The summed E-state index contributed by atoms with van der Waals surface area (Å²) in [6, 6.07) is 75.1. The maximum atomic E-state index is 7.25. The van der Waals surface area contributed by atoms with Crippen molar-refractivity contribution in [2.75, 3.05) is 4.90 Å². The molecule has 1 aromatic heterocycles. The molecule has 0 bridgehead atoms. The molecule has 0 fully saturated rings. The molecule has 0 spiro atoms. The van der Waals surface area contributed by atoms with Crippen LogP contribution in [0.5, 0.6) is 0 Å². The van der Waals surface area contributed by atoms with Gasteiger partial charge in [-0.15, -0.1) is 0 Å². The van der Waals surface area contributed by atoms with Crippen LogP contribution in [0.1, 0.15) is 41.7 Å². The van der Waals surface area contributed by atoms with Gasteiger partial charge in [0.2, 0.25) is 0 Å². The van der Waals surface area contributed by atoms with Crippen molar-refractivity contribution in [3.63, 3.8) is 0 Å². The Morgan fingerprint density at radius 1 is 0.562 bits per heavy atom. The van der Waals surface area contributed by atoms with Crippen LogP contribution in [0, 0.1) is 12.3 Å². The first-order valence-corrected chi connectivity index (χ1v) is 21.7. The number of aryl methyl sites for hydroxylation is 1. The molecule has 0 atom stereocenters. The number of fused-ring (bicyclic) bond motifs is 7. The van der Waals surface area contributed by atoms with Crippen molar-refractivity contribution in [3.05, 3.63) is 240 Å². The van der Waals surface area contributed by atoms with Gasteiger partial charge in [-0.05, 0) is 112 Å². The number of aromatic nitrogens is 1. The minimum absolute atomic E-state index is 0.160. The van der Waals surface area contributed by atoms with Gasteiger partial charge in [-0.2, -0.15) is 0 Å². The standard InChI is InChI=1S/C44H34N2.C8H8N2.C7H9N/c1-29-12-11-16-34(26-29)46-41-25-21-30-13-7-8-17-35(30)43(41)36-23-20-32(28-42(36)46)31-22-24-40-38(27-31)44(2,3)37-18-9-10-19-39(37)45(40)33-14-5-4-6-15-33;1-10-8(9)7-5-3-2-4-6-7;8-6-7-4-2-1-3-5-7/h4-28H,1-3H3;2-6,9H,1H2;1-5H,6,8H2. The summed E-state index contributed by atoms with van der Waals surface area (Å²) in [5.41, 5.74) is 20.9. The highest BCUT2D eigenvalue weighted by Crippen LogP contribution is 2.52. The average Bonchev–Trinajstić information content (AvgIpc) is 3.69. The van der Waals surface area contributed by atoms with E-state index in [4.69, 9.17) is 11.1 Å². The Hall–Kier alpha value is -7.86. The molecule has 0 unspecified atom stereocenters. The van der Waals surface area contributed by atoms with Crippen molar-refractivity contribution in [2.45, 2.75) is 32.7 Å². The highest BCUT2D eigenvalue weighted by Gasteiger charge is 2.37. The Morgan fingerprint density at radius 3 is 1.91 bits per heavy atom. The molecule has 0 saturated heterocycles. The van der Waals surface area contributed by atoms with Crippen molar-refractivity contribution in [1.82, 2.24) is 4.57 Å². The second-order valence-electron chi connectivity index (χ2n) is 16.7. The van der Waals surface area contributed by atoms with E-state index in [0.29, 0.717) is 6.54 Å². The van der Waals surface area contributed by atoms with Crippen LogP contribution in [0.15, 0.2) is 217 Å². The second kappa shape index (κ2) is 17.9. The number of hydrogen-bond donors (Lipinski definition) is 2. The normalized spacial score (nSPS) is 12.3. The topological polar surface area (TPSA) is 70.4 Å². The maximum Gasteiger partial charge on any atom is 0.151 e. The van der Waals surface area contributed by atoms with E-state index in [1.165, 1.54) is 88.7 Å². The van der Waals surface area contributed by atoms with Gasteiger partial charge in [0.1, 0.15) is 0 Å². The van der Waals surface area contributed by atoms with E-state index in [9.17, 15) is 0 Å². The molecule has 312 valence electrons. The number of nitrogens with two attached hydrogens (primary N) is 1. The Kier molecular flexibility index (Phi) is 11.6. The molecule has 5 heteroatoms. The van der Waals surface area contributed by atoms with Gasteiger partial charge < -0.3 is 15.2 Å². The minimum atomic E-state index is -0.160. The molecule has 9 aromatic carbocycles. The first kappa shape index (κ1) is 41.5. The zero-order valence-electron chi connectivity index (χ0n) is 36.5. The highest BCUT2D eigenvalue weighted by atomic mass is 15.2. The van der Waals surface area contributed by atoms with Gasteiger partial charge in [-0.1, -0.05) is 172 Å². The van der Waals surface area contributed by atoms with Crippen LogP contribution < -0.4 is 10.6 Å². The summed E-state index contributed by atoms with van der Waals surface area (Å²) >= 11 is 0. The van der Waals surface area contributed by atoms with Gasteiger partial charge in [-0.3, -0.25) is 5.41 Å². The lowest BCUT2D eigenvalue weighted by molar-refractivity contribution is 0.632. The molecular formula is C59H51N5. The largest absolute Gasteiger partial charge is 0.326 e. The highest BCUT2D eigenvalue weighted by molar-refractivity contribution is 6.21. The van der Waals surface area contributed by atoms with E-state index < -0.39 is 0 Å². The maximum absolute atomic E-state index is 7.25. The zero-order chi connectivity index (χ0) is 44.2. The first-order valence-electron chi connectivity index (χ1n) is 21.7. The van der Waals surface area contributed by atoms with Gasteiger partial charge in [0.25, 0.3) is 0 Å². The molecule has 0 aliphatic carbocycles. The average molecular weight is 830 g/mol. The molecule has 5 nitrogen and oxygen atoms in total.